The van der Waals surface area contributed by atoms with Gasteiger partial charge in [0.25, 0.3) is 5.91 Å². The smallest absolute Gasteiger partial charge is 0.408 e. The average Bonchev–Trinajstić information content (AvgIpc) is 2.88. The lowest BCUT2D eigenvalue weighted by Gasteiger charge is -2.43. The second kappa shape index (κ2) is 13.0. The Morgan fingerprint density at radius 1 is 0.857 bits per heavy atom. The Balaban J connectivity index is 2.12. The standard InChI is InChI=1S/C33H41N3O6/c1-21-12-8-10-14-25(21)34-29(39)28(24-13-9-11-15-27(24)38)36(32(2,3)4)30(40)26(35-31(41)42-33(5,6)7)20-22-16-18-23(37)19-17-22/h8-19,26,28,37-38H,20H2,1-7H3,(H,34,39)(H,35,41). The van der Waals surface area contributed by atoms with E-state index in [1.165, 1.54) is 23.1 Å². The Labute approximate surface area is 247 Å². The predicted molar refractivity (Wildman–Crippen MR) is 162 cm³/mol. The highest BCUT2D eigenvalue weighted by Crippen LogP contribution is 2.35. The van der Waals surface area contributed by atoms with Gasteiger partial charge in [-0.05, 0) is 83.9 Å². The lowest BCUT2D eigenvalue weighted by molar-refractivity contribution is -0.146. The zero-order valence-electron chi connectivity index (χ0n) is 25.3. The van der Waals surface area contributed by atoms with Crippen LogP contribution in [-0.2, 0) is 20.7 Å². The highest BCUT2D eigenvalue weighted by atomic mass is 16.6. The number of benzene rings is 3. The molecule has 3 aromatic carbocycles. The minimum atomic E-state index is -1.26. The maximum absolute atomic E-state index is 14.6. The third-order valence-electron chi connectivity index (χ3n) is 6.47. The Morgan fingerprint density at radius 3 is 2.02 bits per heavy atom. The first-order chi connectivity index (χ1) is 19.6. The Morgan fingerprint density at radius 2 is 1.45 bits per heavy atom. The van der Waals surface area contributed by atoms with Gasteiger partial charge < -0.3 is 30.5 Å². The normalized spacial score (nSPS) is 13.0. The number of alkyl carbamates (subject to hydrolysis) is 1. The molecule has 3 aromatic rings. The molecular weight excluding hydrogens is 534 g/mol. The molecule has 0 bridgehead atoms. The summed E-state index contributed by atoms with van der Waals surface area (Å²) in [5.74, 6) is -1.19. The summed E-state index contributed by atoms with van der Waals surface area (Å²) < 4.78 is 5.46. The van der Waals surface area contributed by atoms with Crippen molar-refractivity contribution in [3.8, 4) is 11.5 Å². The molecule has 4 N–H and O–H groups in total. The fraction of sp³-hybridized carbons (Fsp3) is 0.364. The van der Waals surface area contributed by atoms with E-state index in [0.717, 1.165) is 5.56 Å². The Kier molecular flexibility index (Phi) is 9.88. The molecule has 0 heterocycles. The molecule has 3 rings (SSSR count). The van der Waals surface area contributed by atoms with Gasteiger partial charge in [0, 0.05) is 23.2 Å². The summed E-state index contributed by atoms with van der Waals surface area (Å²) in [6.07, 6.45) is -0.741. The second-order valence-electron chi connectivity index (χ2n) is 12.2. The van der Waals surface area contributed by atoms with E-state index in [4.69, 9.17) is 4.74 Å². The topological polar surface area (TPSA) is 128 Å². The van der Waals surface area contributed by atoms with Crippen LogP contribution in [0.5, 0.6) is 11.5 Å². The first-order valence-corrected chi connectivity index (χ1v) is 13.8. The molecule has 0 aliphatic heterocycles. The van der Waals surface area contributed by atoms with Crippen molar-refractivity contribution in [1.82, 2.24) is 10.2 Å². The number of rotatable bonds is 8. The summed E-state index contributed by atoms with van der Waals surface area (Å²) in [5, 5.41) is 26.3. The maximum Gasteiger partial charge on any atom is 0.408 e. The van der Waals surface area contributed by atoms with E-state index in [2.05, 4.69) is 10.6 Å². The minimum absolute atomic E-state index is 0.0534. The van der Waals surface area contributed by atoms with Crippen LogP contribution in [0.15, 0.2) is 72.8 Å². The SMILES string of the molecule is Cc1ccccc1NC(=O)C(c1ccccc1O)N(C(=O)C(Cc1ccc(O)cc1)NC(=O)OC(C)(C)C)C(C)(C)C. The summed E-state index contributed by atoms with van der Waals surface area (Å²) in [7, 11) is 0. The molecule has 224 valence electrons. The number of phenolic OH excluding ortho intramolecular Hbond substituents is 2. The fourth-order valence-electron chi connectivity index (χ4n) is 4.56. The van der Waals surface area contributed by atoms with Crippen molar-refractivity contribution < 1.29 is 29.3 Å². The third-order valence-corrected chi connectivity index (χ3v) is 6.47. The molecule has 0 radical (unpaired) electrons. The number of carbonyl (C=O) groups is 3. The predicted octanol–water partition coefficient (Wildman–Crippen LogP) is 5.85. The molecule has 3 amide bonds. The molecule has 0 aliphatic carbocycles. The number of ether oxygens (including phenoxy) is 1. The molecule has 9 heteroatoms. The molecule has 0 aromatic heterocycles. The highest BCUT2D eigenvalue weighted by Gasteiger charge is 2.43. The lowest BCUT2D eigenvalue weighted by Crippen LogP contribution is -2.58. The van der Waals surface area contributed by atoms with E-state index in [-0.39, 0.29) is 23.5 Å². The van der Waals surface area contributed by atoms with Crippen molar-refractivity contribution in [3.63, 3.8) is 0 Å². The number of nitrogens with zero attached hydrogens (tertiary/aromatic N) is 1. The van der Waals surface area contributed by atoms with Crippen LogP contribution in [0, 0.1) is 6.92 Å². The second-order valence-corrected chi connectivity index (χ2v) is 12.2. The summed E-state index contributed by atoms with van der Waals surface area (Å²) in [6, 6.07) is 17.5. The number of aromatic hydroxyl groups is 2. The van der Waals surface area contributed by atoms with Crippen LogP contribution in [0.25, 0.3) is 0 Å². The lowest BCUT2D eigenvalue weighted by atomic mass is 9.93. The summed E-state index contributed by atoms with van der Waals surface area (Å²) in [5.41, 5.74) is 0.526. The number of phenols is 2. The van der Waals surface area contributed by atoms with Crippen LogP contribution in [-0.4, -0.2) is 50.2 Å². The van der Waals surface area contributed by atoms with Crippen molar-refractivity contribution in [2.75, 3.05) is 5.32 Å². The van der Waals surface area contributed by atoms with E-state index >= 15 is 0 Å². The third kappa shape index (κ3) is 8.49. The number of aryl methyl sites for hydroxylation is 1. The van der Waals surface area contributed by atoms with Gasteiger partial charge in [-0.2, -0.15) is 0 Å². The van der Waals surface area contributed by atoms with Gasteiger partial charge in [0.05, 0.1) is 0 Å². The number of carbonyl (C=O) groups excluding carboxylic acids is 3. The minimum Gasteiger partial charge on any atom is -0.508 e. The monoisotopic (exact) mass is 575 g/mol. The van der Waals surface area contributed by atoms with Crippen molar-refractivity contribution >= 4 is 23.6 Å². The maximum atomic E-state index is 14.6. The van der Waals surface area contributed by atoms with Crippen LogP contribution in [0.2, 0.25) is 0 Å². The molecule has 0 aliphatic rings. The number of hydrogen-bond acceptors (Lipinski definition) is 6. The molecule has 0 saturated heterocycles. The first-order valence-electron chi connectivity index (χ1n) is 13.8. The number of hydrogen-bond donors (Lipinski definition) is 4. The van der Waals surface area contributed by atoms with Crippen molar-refractivity contribution in [1.29, 1.82) is 0 Å². The largest absolute Gasteiger partial charge is 0.508 e. The van der Waals surface area contributed by atoms with Gasteiger partial charge >= 0.3 is 6.09 Å². The molecule has 0 fully saturated rings. The average molecular weight is 576 g/mol. The van der Waals surface area contributed by atoms with Gasteiger partial charge in [-0.3, -0.25) is 9.59 Å². The van der Waals surface area contributed by atoms with Gasteiger partial charge in [0.15, 0.2) is 0 Å². The van der Waals surface area contributed by atoms with E-state index in [1.807, 2.05) is 19.1 Å². The molecule has 42 heavy (non-hydrogen) atoms. The molecular formula is C33H41N3O6. The first kappa shape index (κ1) is 32.0. The molecule has 2 atom stereocenters. The van der Waals surface area contributed by atoms with Gasteiger partial charge in [-0.15, -0.1) is 0 Å². The van der Waals surface area contributed by atoms with Gasteiger partial charge in [-0.1, -0.05) is 48.5 Å². The molecule has 0 spiro atoms. The zero-order valence-corrected chi connectivity index (χ0v) is 25.3. The summed E-state index contributed by atoms with van der Waals surface area (Å²) in [6.45, 7) is 12.4. The number of amides is 3. The van der Waals surface area contributed by atoms with Gasteiger partial charge in [-0.25, -0.2) is 4.79 Å². The summed E-state index contributed by atoms with van der Waals surface area (Å²) in [4.78, 5) is 43.0. The van der Waals surface area contributed by atoms with E-state index in [1.54, 1.807) is 84.0 Å². The Hall–Kier alpha value is -4.53. The number of nitrogens with one attached hydrogen (secondary N) is 2. The van der Waals surface area contributed by atoms with Crippen LogP contribution >= 0.6 is 0 Å². The van der Waals surface area contributed by atoms with E-state index < -0.39 is 41.1 Å². The van der Waals surface area contributed by atoms with Gasteiger partial charge in [0.1, 0.15) is 29.2 Å². The quantitative estimate of drug-likeness (QED) is 0.267. The highest BCUT2D eigenvalue weighted by molar-refractivity contribution is 6.00. The van der Waals surface area contributed by atoms with E-state index in [9.17, 15) is 24.6 Å². The van der Waals surface area contributed by atoms with Crippen LogP contribution in [0.3, 0.4) is 0 Å². The molecule has 0 saturated carbocycles. The van der Waals surface area contributed by atoms with Crippen molar-refractivity contribution in [3.05, 3.63) is 89.5 Å². The summed E-state index contributed by atoms with van der Waals surface area (Å²) >= 11 is 0. The number of anilines is 1. The van der Waals surface area contributed by atoms with Crippen LogP contribution < -0.4 is 10.6 Å². The van der Waals surface area contributed by atoms with Crippen LogP contribution in [0.1, 0.15) is 64.3 Å². The van der Waals surface area contributed by atoms with Gasteiger partial charge in [0.2, 0.25) is 5.91 Å². The zero-order chi connectivity index (χ0) is 31.2. The molecule has 2 unspecified atom stereocenters. The van der Waals surface area contributed by atoms with E-state index in [0.29, 0.717) is 11.3 Å². The number of para-hydroxylation sites is 2. The fourth-order valence-corrected chi connectivity index (χ4v) is 4.56. The molecule has 9 nitrogen and oxygen atoms in total. The van der Waals surface area contributed by atoms with Crippen molar-refractivity contribution in [2.45, 2.75) is 78.1 Å². The Bertz CT molecular complexity index is 1410. The van der Waals surface area contributed by atoms with Crippen molar-refractivity contribution in [2.24, 2.45) is 0 Å². The van der Waals surface area contributed by atoms with Crippen LogP contribution in [0.4, 0.5) is 10.5 Å².